The summed E-state index contributed by atoms with van der Waals surface area (Å²) in [7, 11) is 3.53. The summed E-state index contributed by atoms with van der Waals surface area (Å²) in [5.41, 5.74) is 0.243. The van der Waals surface area contributed by atoms with Gasteiger partial charge in [0.25, 0.3) is 0 Å². The minimum Gasteiger partial charge on any atom is -0.348 e. The van der Waals surface area contributed by atoms with E-state index in [9.17, 15) is 4.79 Å². The fourth-order valence-corrected chi connectivity index (χ4v) is 0.703. The van der Waals surface area contributed by atoms with Gasteiger partial charge in [-0.3, -0.25) is 4.79 Å². The fourth-order valence-electron chi connectivity index (χ4n) is 0.703. The smallest absolute Gasteiger partial charge is 0.236 e. The third kappa shape index (κ3) is 6.16. The van der Waals surface area contributed by atoms with Crippen molar-refractivity contribution in [3.63, 3.8) is 0 Å². The Morgan fingerprint density at radius 3 is 2.17 bits per heavy atom. The van der Waals surface area contributed by atoms with Crippen molar-refractivity contribution in [2.75, 3.05) is 27.2 Å². The van der Waals surface area contributed by atoms with Crippen LogP contribution in [0.15, 0.2) is 0 Å². The Kier molecular flexibility index (Phi) is 4.24. The summed E-state index contributed by atoms with van der Waals surface area (Å²) in [6.07, 6.45) is 0. The lowest BCUT2D eigenvalue weighted by atomic mass is 9.97. The van der Waals surface area contributed by atoms with Gasteiger partial charge in [0.2, 0.25) is 5.91 Å². The molecule has 0 aliphatic heterocycles. The second kappa shape index (κ2) is 4.45. The highest BCUT2D eigenvalue weighted by Gasteiger charge is 2.10. The molecular weight excluding hydrogens is 152 g/mol. The lowest BCUT2D eigenvalue weighted by Gasteiger charge is -2.19. The number of carbonyl (C=O) groups is 1. The van der Waals surface area contributed by atoms with Crippen molar-refractivity contribution >= 4 is 5.91 Å². The standard InChI is InChI=1S/C9H20N2O/c1-9(2,3)7-10-6-8(12)11(4)5/h10H,6-7H2,1-5H3. The van der Waals surface area contributed by atoms with E-state index in [0.29, 0.717) is 6.54 Å². The van der Waals surface area contributed by atoms with E-state index < -0.39 is 0 Å². The van der Waals surface area contributed by atoms with Crippen LogP contribution in [0.1, 0.15) is 20.8 Å². The Balaban J connectivity index is 3.51. The normalized spacial score (nSPS) is 11.4. The Morgan fingerprint density at radius 1 is 1.33 bits per heavy atom. The Labute approximate surface area is 75.1 Å². The van der Waals surface area contributed by atoms with Gasteiger partial charge in [-0.25, -0.2) is 0 Å². The third-order valence-corrected chi connectivity index (χ3v) is 1.43. The van der Waals surface area contributed by atoms with Gasteiger partial charge in [0, 0.05) is 20.6 Å². The monoisotopic (exact) mass is 172 g/mol. The predicted octanol–water partition coefficient (Wildman–Crippen LogP) is 0.710. The summed E-state index contributed by atoms with van der Waals surface area (Å²) in [6.45, 7) is 7.72. The maximum Gasteiger partial charge on any atom is 0.236 e. The van der Waals surface area contributed by atoms with Crippen molar-refractivity contribution in [1.82, 2.24) is 10.2 Å². The molecule has 0 aromatic heterocycles. The van der Waals surface area contributed by atoms with Crippen LogP contribution in [0.4, 0.5) is 0 Å². The molecule has 3 nitrogen and oxygen atoms in total. The molecule has 0 radical (unpaired) electrons. The van der Waals surface area contributed by atoms with Gasteiger partial charge >= 0.3 is 0 Å². The molecule has 1 amide bonds. The number of hydrogen-bond acceptors (Lipinski definition) is 2. The Morgan fingerprint density at radius 2 is 1.83 bits per heavy atom. The van der Waals surface area contributed by atoms with E-state index in [4.69, 9.17) is 0 Å². The molecule has 0 aliphatic rings. The van der Waals surface area contributed by atoms with Gasteiger partial charge < -0.3 is 10.2 Å². The summed E-state index contributed by atoms with van der Waals surface area (Å²) in [5.74, 6) is 0.124. The maximum absolute atomic E-state index is 11.1. The number of carbonyl (C=O) groups excluding carboxylic acids is 1. The molecule has 0 heterocycles. The fraction of sp³-hybridized carbons (Fsp3) is 0.889. The van der Waals surface area contributed by atoms with E-state index >= 15 is 0 Å². The number of amides is 1. The first-order valence-electron chi connectivity index (χ1n) is 4.24. The van der Waals surface area contributed by atoms with Crippen LogP contribution in [0.5, 0.6) is 0 Å². The molecule has 72 valence electrons. The topological polar surface area (TPSA) is 32.3 Å². The first kappa shape index (κ1) is 11.4. The first-order chi connectivity index (χ1) is 5.33. The first-order valence-corrected chi connectivity index (χ1v) is 4.24. The van der Waals surface area contributed by atoms with Crippen molar-refractivity contribution in [1.29, 1.82) is 0 Å². The molecule has 0 aromatic carbocycles. The van der Waals surface area contributed by atoms with Gasteiger partial charge in [-0.05, 0) is 5.41 Å². The molecule has 0 rings (SSSR count). The lowest BCUT2D eigenvalue weighted by molar-refractivity contribution is -0.127. The molecule has 0 unspecified atom stereocenters. The highest BCUT2D eigenvalue weighted by atomic mass is 16.2. The van der Waals surface area contributed by atoms with Gasteiger partial charge in [0.1, 0.15) is 0 Å². The van der Waals surface area contributed by atoms with Crippen LogP contribution in [0.2, 0.25) is 0 Å². The van der Waals surface area contributed by atoms with E-state index in [2.05, 4.69) is 26.1 Å². The number of likely N-dealkylation sites (N-methyl/N-ethyl adjacent to an activating group) is 1. The molecule has 0 spiro atoms. The largest absolute Gasteiger partial charge is 0.348 e. The molecule has 0 atom stereocenters. The molecule has 12 heavy (non-hydrogen) atoms. The summed E-state index contributed by atoms with van der Waals surface area (Å²) >= 11 is 0. The quantitative estimate of drug-likeness (QED) is 0.680. The average molecular weight is 172 g/mol. The predicted molar refractivity (Wildman–Crippen MR) is 51.0 cm³/mol. The lowest BCUT2D eigenvalue weighted by Crippen LogP contribution is -2.36. The van der Waals surface area contributed by atoms with E-state index in [1.807, 2.05) is 0 Å². The van der Waals surface area contributed by atoms with Crippen LogP contribution >= 0.6 is 0 Å². The molecule has 0 saturated carbocycles. The molecule has 0 fully saturated rings. The van der Waals surface area contributed by atoms with Gasteiger partial charge in [-0.2, -0.15) is 0 Å². The number of rotatable bonds is 3. The highest BCUT2D eigenvalue weighted by molar-refractivity contribution is 5.77. The summed E-state index contributed by atoms with van der Waals surface area (Å²) in [6, 6.07) is 0. The molecule has 0 bridgehead atoms. The van der Waals surface area contributed by atoms with Crippen molar-refractivity contribution in [2.24, 2.45) is 5.41 Å². The van der Waals surface area contributed by atoms with E-state index in [1.165, 1.54) is 0 Å². The van der Waals surface area contributed by atoms with E-state index in [-0.39, 0.29) is 11.3 Å². The third-order valence-electron chi connectivity index (χ3n) is 1.43. The van der Waals surface area contributed by atoms with Crippen LogP contribution in [-0.2, 0) is 4.79 Å². The van der Waals surface area contributed by atoms with Crippen LogP contribution in [0.3, 0.4) is 0 Å². The maximum atomic E-state index is 11.1. The van der Waals surface area contributed by atoms with Gasteiger partial charge in [0.05, 0.1) is 6.54 Å². The van der Waals surface area contributed by atoms with Crippen LogP contribution in [0, 0.1) is 5.41 Å². The average Bonchev–Trinajstić information content (AvgIpc) is 1.84. The van der Waals surface area contributed by atoms with Crippen molar-refractivity contribution < 1.29 is 4.79 Å². The second-order valence-electron chi connectivity index (χ2n) is 4.45. The second-order valence-corrected chi connectivity index (χ2v) is 4.45. The molecule has 0 aliphatic carbocycles. The van der Waals surface area contributed by atoms with Gasteiger partial charge in [-0.1, -0.05) is 20.8 Å². The molecule has 0 saturated heterocycles. The number of hydrogen-bond donors (Lipinski definition) is 1. The van der Waals surface area contributed by atoms with Gasteiger partial charge in [0.15, 0.2) is 0 Å². The number of nitrogens with one attached hydrogen (secondary N) is 1. The zero-order valence-electron chi connectivity index (χ0n) is 8.77. The molecular formula is C9H20N2O. The highest BCUT2D eigenvalue weighted by Crippen LogP contribution is 2.09. The summed E-state index contributed by atoms with van der Waals surface area (Å²) in [5, 5.41) is 3.12. The minimum atomic E-state index is 0.124. The minimum absolute atomic E-state index is 0.124. The van der Waals surface area contributed by atoms with Crippen LogP contribution < -0.4 is 5.32 Å². The van der Waals surface area contributed by atoms with Crippen molar-refractivity contribution in [3.8, 4) is 0 Å². The van der Waals surface area contributed by atoms with Crippen molar-refractivity contribution in [3.05, 3.63) is 0 Å². The van der Waals surface area contributed by atoms with Crippen molar-refractivity contribution in [2.45, 2.75) is 20.8 Å². The summed E-state index contributed by atoms with van der Waals surface area (Å²) < 4.78 is 0. The van der Waals surface area contributed by atoms with E-state index in [0.717, 1.165) is 6.54 Å². The zero-order chi connectivity index (χ0) is 9.78. The molecule has 0 aromatic rings. The van der Waals surface area contributed by atoms with Crippen LogP contribution in [-0.4, -0.2) is 38.0 Å². The zero-order valence-corrected chi connectivity index (χ0v) is 8.77. The summed E-state index contributed by atoms with van der Waals surface area (Å²) in [4.78, 5) is 12.7. The molecule has 1 N–H and O–H groups in total. The SMILES string of the molecule is CN(C)C(=O)CNCC(C)(C)C. The van der Waals surface area contributed by atoms with E-state index in [1.54, 1.807) is 19.0 Å². The Hall–Kier alpha value is -0.570. The Bertz CT molecular complexity index is 147. The van der Waals surface area contributed by atoms with Crippen LogP contribution in [0.25, 0.3) is 0 Å². The molecule has 3 heteroatoms. The van der Waals surface area contributed by atoms with Gasteiger partial charge in [-0.15, -0.1) is 0 Å². The number of nitrogens with zero attached hydrogens (tertiary/aromatic N) is 1.